The number of likely N-dealkylation sites (tertiary alicyclic amines) is 1. The van der Waals surface area contributed by atoms with E-state index in [1.807, 2.05) is 4.90 Å². The molecule has 72 valence electrons. The number of hydrogen-bond acceptors (Lipinski definition) is 2. The molecule has 0 aliphatic carbocycles. The van der Waals surface area contributed by atoms with Crippen molar-refractivity contribution in [2.24, 2.45) is 5.41 Å². The van der Waals surface area contributed by atoms with Crippen LogP contribution in [0.15, 0.2) is 12.7 Å². The van der Waals surface area contributed by atoms with Gasteiger partial charge in [-0.2, -0.15) is 0 Å². The van der Waals surface area contributed by atoms with Crippen molar-refractivity contribution < 1.29 is 4.79 Å². The molecule has 2 aliphatic heterocycles. The minimum absolute atomic E-state index is 0.0872. The van der Waals surface area contributed by atoms with Gasteiger partial charge in [0.1, 0.15) is 0 Å². The lowest BCUT2D eigenvalue weighted by Gasteiger charge is -2.52. The maximum absolute atomic E-state index is 11.2. The van der Waals surface area contributed by atoms with Crippen molar-refractivity contribution >= 4 is 5.91 Å². The summed E-state index contributed by atoms with van der Waals surface area (Å²) in [7, 11) is 0. The zero-order valence-electron chi connectivity index (χ0n) is 7.88. The van der Waals surface area contributed by atoms with Crippen molar-refractivity contribution in [1.82, 2.24) is 10.2 Å². The predicted molar refractivity (Wildman–Crippen MR) is 51.3 cm³/mol. The molecule has 0 atom stereocenters. The van der Waals surface area contributed by atoms with Gasteiger partial charge < -0.3 is 10.2 Å². The Balaban J connectivity index is 1.88. The number of rotatable bonds is 1. The number of amides is 1. The first-order chi connectivity index (χ1) is 6.26. The van der Waals surface area contributed by atoms with Crippen LogP contribution in [-0.2, 0) is 4.79 Å². The summed E-state index contributed by atoms with van der Waals surface area (Å²) in [6, 6.07) is 0. The van der Waals surface area contributed by atoms with Gasteiger partial charge in [-0.05, 0) is 32.0 Å². The van der Waals surface area contributed by atoms with Crippen LogP contribution in [0.5, 0.6) is 0 Å². The summed E-state index contributed by atoms with van der Waals surface area (Å²) in [5.74, 6) is 0.0872. The maximum Gasteiger partial charge on any atom is 0.245 e. The van der Waals surface area contributed by atoms with E-state index < -0.39 is 0 Å². The van der Waals surface area contributed by atoms with Gasteiger partial charge in [0.05, 0.1) is 0 Å². The van der Waals surface area contributed by atoms with Gasteiger partial charge in [0, 0.05) is 18.5 Å². The van der Waals surface area contributed by atoms with Crippen molar-refractivity contribution in [3.8, 4) is 0 Å². The van der Waals surface area contributed by atoms with Crippen LogP contribution in [0.25, 0.3) is 0 Å². The highest BCUT2D eigenvalue weighted by Gasteiger charge is 2.44. The Morgan fingerprint density at radius 3 is 2.54 bits per heavy atom. The molecule has 1 N–H and O–H groups in total. The van der Waals surface area contributed by atoms with Gasteiger partial charge >= 0.3 is 0 Å². The molecule has 13 heavy (non-hydrogen) atoms. The molecule has 2 rings (SSSR count). The minimum atomic E-state index is 0.0872. The van der Waals surface area contributed by atoms with Gasteiger partial charge in [-0.3, -0.25) is 4.79 Å². The second-order valence-electron chi connectivity index (χ2n) is 4.15. The second-order valence-corrected chi connectivity index (χ2v) is 4.15. The summed E-state index contributed by atoms with van der Waals surface area (Å²) in [6.07, 6.45) is 3.84. The molecule has 3 heteroatoms. The fourth-order valence-corrected chi connectivity index (χ4v) is 2.32. The highest BCUT2D eigenvalue weighted by molar-refractivity contribution is 5.87. The Morgan fingerprint density at radius 1 is 1.38 bits per heavy atom. The number of carbonyl (C=O) groups is 1. The molecule has 3 nitrogen and oxygen atoms in total. The molecule has 1 amide bonds. The first kappa shape index (κ1) is 8.75. The van der Waals surface area contributed by atoms with E-state index in [0.717, 1.165) is 26.2 Å². The van der Waals surface area contributed by atoms with Gasteiger partial charge in [0.2, 0.25) is 5.91 Å². The zero-order valence-corrected chi connectivity index (χ0v) is 7.88. The quantitative estimate of drug-likeness (QED) is 0.592. The van der Waals surface area contributed by atoms with Crippen molar-refractivity contribution in [1.29, 1.82) is 0 Å². The number of nitrogens with zero attached hydrogens (tertiary/aromatic N) is 1. The molecule has 2 heterocycles. The SMILES string of the molecule is C=CC(=O)N1CC2(CCNCC2)C1. The number of carbonyl (C=O) groups excluding carboxylic acids is 1. The topological polar surface area (TPSA) is 32.3 Å². The first-order valence-corrected chi connectivity index (χ1v) is 4.88. The Hall–Kier alpha value is -0.830. The van der Waals surface area contributed by atoms with Crippen LogP contribution in [0.3, 0.4) is 0 Å². The standard InChI is InChI=1S/C10H16N2O/c1-2-9(13)12-7-10(8-12)3-5-11-6-4-10/h2,11H,1,3-8H2. The molecule has 1 spiro atoms. The highest BCUT2D eigenvalue weighted by atomic mass is 16.2. The Labute approximate surface area is 78.8 Å². The van der Waals surface area contributed by atoms with Crippen molar-refractivity contribution in [2.45, 2.75) is 12.8 Å². The molecule has 2 aliphatic rings. The summed E-state index contributed by atoms with van der Waals surface area (Å²) >= 11 is 0. The summed E-state index contributed by atoms with van der Waals surface area (Å²) in [4.78, 5) is 13.1. The second kappa shape index (κ2) is 3.14. The van der Waals surface area contributed by atoms with Crippen LogP contribution >= 0.6 is 0 Å². The average Bonchev–Trinajstić information content (AvgIpc) is 2.14. The number of nitrogens with one attached hydrogen (secondary N) is 1. The number of piperidine rings is 1. The van der Waals surface area contributed by atoms with Gasteiger partial charge in [0.25, 0.3) is 0 Å². The van der Waals surface area contributed by atoms with Crippen LogP contribution in [0.1, 0.15) is 12.8 Å². The molecule has 2 fully saturated rings. The lowest BCUT2D eigenvalue weighted by molar-refractivity contribution is -0.139. The summed E-state index contributed by atoms with van der Waals surface area (Å²) in [5.41, 5.74) is 0.448. The van der Waals surface area contributed by atoms with E-state index in [2.05, 4.69) is 11.9 Å². The monoisotopic (exact) mass is 180 g/mol. The third kappa shape index (κ3) is 1.48. The van der Waals surface area contributed by atoms with Crippen LogP contribution < -0.4 is 5.32 Å². The van der Waals surface area contributed by atoms with Crippen LogP contribution in [-0.4, -0.2) is 37.0 Å². The van der Waals surface area contributed by atoms with Gasteiger partial charge in [-0.25, -0.2) is 0 Å². The lowest BCUT2D eigenvalue weighted by atomic mass is 9.72. The van der Waals surface area contributed by atoms with Crippen LogP contribution in [0, 0.1) is 5.41 Å². The third-order valence-corrected chi connectivity index (χ3v) is 3.20. The summed E-state index contributed by atoms with van der Waals surface area (Å²) < 4.78 is 0. The molecule has 0 aromatic heterocycles. The Bertz CT molecular complexity index is 223. The molecule has 0 saturated carbocycles. The van der Waals surface area contributed by atoms with Gasteiger partial charge in [0.15, 0.2) is 0 Å². The fourth-order valence-electron chi connectivity index (χ4n) is 2.32. The van der Waals surface area contributed by atoms with Gasteiger partial charge in [-0.15, -0.1) is 0 Å². The molecule has 0 aromatic carbocycles. The summed E-state index contributed by atoms with van der Waals surface area (Å²) in [6.45, 7) is 7.60. The maximum atomic E-state index is 11.2. The zero-order chi connectivity index (χ0) is 9.31. The molecule has 2 saturated heterocycles. The fraction of sp³-hybridized carbons (Fsp3) is 0.700. The third-order valence-electron chi connectivity index (χ3n) is 3.20. The van der Waals surface area contributed by atoms with Crippen molar-refractivity contribution in [3.05, 3.63) is 12.7 Å². The van der Waals surface area contributed by atoms with E-state index in [4.69, 9.17) is 0 Å². The van der Waals surface area contributed by atoms with Crippen LogP contribution in [0.4, 0.5) is 0 Å². The van der Waals surface area contributed by atoms with E-state index >= 15 is 0 Å². The van der Waals surface area contributed by atoms with E-state index in [-0.39, 0.29) is 5.91 Å². The Morgan fingerprint density at radius 2 is 2.00 bits per heavy atom. The molecule has 0 radical (unpaired) electrons. The minimum Gasteiger partial charge on any atom is -0.338 e. The molecular weight excluding hydrogens is 164 g/mol. The van der Waals surface area contributed by atoms with Crippen LogP contribution in [0.2, 0.25) is 0 Å². The number of hydrogen-bond donors (Lipinski definition) is 1. The highest BCUT2D eigenvalue weighted by Crippen LogP contribution is 2.38. The predicted octanol–water partition coefficient (Wildman–Crippen LogP) is 0.384. The normalized spacial score (nSPS) is 25.4. The molecular formula is C10H16N2O. The van der Waals surface area contributed by atoms with Crippen molar-refractivity contribution in [3.63, 3.8) is 0 Å². The first-order valence-electron chi connectivity index (χ1n) is 4.88. The van der Waals surface area contributed by atoms with E-state index in [1.165, 1.54) is 18.9 Å². The average molecular weight is 180 g/mol. The lowest BCUT2D eigenvalue weighted by Crippen LogP contribution is -2.61. The molecule has 0 unspecified atom stereocenters. The molecule has 0 bridgehead atoms. The largest absolute Gasteiger partial charge is 0.338 e. The Kier molecular flexibility index (Phi) is 2.12. The molecule has 0 aromatic rings. The van der Waals surface area contributed by atoms with E-state index in [0.29, 0.717) is 5.41 Å². The smallest absolute Gasteiger partial charge is 0.245 e. The van der Waals surface area contributed by atoms with Crippen molar-refractivity contribution in [2.75, 3.05) is 26.2 Å². The van der Waals surface area contributed by atoms with Gasteiger partial charge in [-0.1, -0.05) is 6.58 Å². The van der Waals surface area contributed by atoms with E-state index in [1.54, 1.807) is 0 Å². The summed E-state index contributed by atoms with van der Waals surface area (Å²) in [5, 5.41) is 3.34. The van der Waals surface area contributed by atoms with E-state index in [9.17, 15) is 4.79 Å².